The Morgan fingerprint density at radius 3 is 2.59 bits per heavy atom. The van der Waals surface area contributed by atoms with E-state index in [1.165, 1.54) is 6.42 Å². The number of hydrogen-bond acceptors (Lipinski definition) is 8. The van der Waals surface area contributed by atoms with Gasteiger partial charge in [0.1, 0.15) is 15.7 Å². The molecule has 4 fully saturated rings. The minimum Gasteiger partial charge on any atom is -0.337 e. The number of nitrogens with one attached hydrogen (secondary N) is 2. The van der Waals surface area contributed by atoms with Gasteiger partial charge in [0.2, 0.25) is 15.9 Å². The molecule has 10 nitrogen and oxygen atoms in total. The van der Waals surface area contributed by atoms with Crippen LogP contribution in [0.25, 0.3) is 0 Å². The molecule has 2 bridgehead atoms. The van der Waals surface area contributed by atoms with Crippen molar-refractivity contribution >= 4 is 53.9 Å². The standard InChI is InChI=1S/C24H32N4O6S3/c1-36(31,32)25-10-16-12-35-23-21(16)37(33,34)27-22(26-23)18-20(29)17-14-7-8-15(9-14)19(17)28(24(18)30)11-13-5-3-2-4-6-13/h12-15,17-19,25H,2-11H2,1H3,(H,26,27). The van der Waals surface area contributed by atoms with Crippen LogP contribution in [0.5, 0.6) is 0 Å². The predicted octanol–water partition coefficient (Wildman–Crippen LogP) is 2.33. The number of amides is 1. The normalized spacial score (nSPS) is 33.2. The second-order valence-corrected chi connectivity index (χ2v) is 15.5. The van der Waals surface area contributed by atoms with E-state index >= 15 is 0 Å². The number of carbonyl (C=O) groups is 2. The summed E-state index contributed by atoms with van der Waals surface area (Å²) in [6.45, 7) is 0.429. The summed E-state index contributed by atoms with van der Waals surface area (Å²) in [5.41, 5.74) is 0.272. The van der Waals surface area contributed by atoms with Crippen LogP contribution in [0.15, 0.2) is 14.7 Å². The first kappa shape index (κ1) is 25.4. The van der Waals surface area contributed by atoms with Crippen LogP contribution >= 0.6 is 11.3 Å². The monoisotopic (exact) mass is 568 g/mol. The van der Waals surface area contributed by atoms with Gasteiger partial charge in [-0.15, -0.1) is 15.7 Å². The Kier molecular flexibility index (Phi) is 6.28. The number of piperidine rings is 1. The molecule has 1 aromatic heterocycles. The van der Waals surface area contributed by atoms with Crippen molar-refractivity contribution in [2.75, 3.05) is 18.1 Å². The zero-order valence-corrected chi connectivity index (χ0v) is 23.1. The Morgan fingerprint density at radius 1 is 1.14 bits per heavy atom. The molecule has 13 heteroatoms. The fraction of sp³-hybridized carbons (Fsp3) is 0.708. The molecule has 202 valence electrons. The van der Waals surface area contributed by atoms with Crippen molar-refractivity contribution in [1.82, 2.24) is 9.62 Å². The number of anilines is 1. The molecule has 0 aromatic carbocycles. The SMILES string of the molecule is CS(=O)(=O)NCc1csc2c1S(=O)(=O)N=C(C1C(=O)C3C4CCC(C4)C3N(CC3CCCCC3)C1=O)N2. The van der Waals surface area contributed by atoms with Crippen molar-refractivity contribution in [1.29, 1.82) is 0 Å². The van der Waals surface area contributed by atoms with Crippen LogP contribution < -0.4 is 10.0 Å². The van der Waals surface area contributed by atoms with Crippen molar-refractivity contribution in [3.63, 3.8) is 0 Å². The topological polar surface area (TPSA) is 142 Å². The molecule has 2 N–H and O–H groups in total. The third-order valence-corrected chi connectivity index (χ3v) is 12.0. The van der Waals surface area contributed by atoms with Gasteiger partial charge >= 0.3 is 0 Å². The Bertz CT molecular complexity index is 1380. The summed E-state index contributed by atoms with van der Waals surface area (Å²) in [6, 6.07) is -0.0799. The lowest BCUT2D eigenvalue weighted by Crippen LogP contribution is -2.62. The summed E-state index contributed by atoms with van der Waals surface area (Å²) in [6.07, 6.45) is 9.62. The van der Waals surface area contributed by atoms with Crippen molar-refractivity contribution in [3.8, 4) is 0 Å². The zero-order valence-electron chi connectivity index (χ0n) is 20.7. The minimum atomic E-state index is -4.24. The molecule has 3 saturated carbocycles. The minimum absolute atomic E-state index is 0.0799. The summed E-state index contributed by atoms with van der Waals surface area (Å²) in [5.74, 6) is -1.20. The van der Waals surface area contributed by atoms with Crippen LogP contribution in [0, 0.1) is 29.6 Å². The molecule has 5 atom stereocenters. The molecule has 3 aliphatic carbocycles. The average molecular weight is 569 g/mol. The van der Waals surface area contributed by atoms with Crippen molar-refractivity contribution in [2.24, 2.45) is 34.0 Å². The summed E-state index contributed by atoms with van der Waals surface area (Å²) >= 11 is 1.09. The highest BCUT2D eigenvalue weighted by atomic mass is 32.2. The van der Waals surface area contributed by atoms with Crippen molar-refractivity contribution in [3.05, 3.63) is 10.9 Å². The summed E-state index contributed by atoms with van der Waals surface area (Å²) < 4.78 is 55.8. The third-order valence-electron chi connectivity index (χ3n) is 8.89. The van der Waals surface area contributed by atoms with Crippen molar-refractivity contribution < 1.29 is 26.4 Å². The Balaban J connectivity index is 1.33. The summed E-state index contributed by atoms with van der Waals surface area (Å²) in [5, 5.41) is 4.80. The molecular weight excluding hydrogens is 536 g/mol. The molecule has 6 rings (SSSR count). The molecule has 5 unspecified atom stereocenters. The highest BCUT2D eigenvalue weighted by molar-refractivity contribution is 7.91. The number of rotatable bonds is 6. The lowest BCUT2D eigenvalue weighted by Gasteiger charge is -2.47. The van der Waals surface area contributed by atoms with E-state index in [1.54, 1.807) is 5.38 Å². The lowest BCUT2D eigenvalue weighted by molar-refractivity contribution is -0.153. The number of ketones is 1. The molecule has 0 radical (unpaired) electrons. The maximum absolute atomic E-state index is 14.0. The van der Waals surface area contributed by atoms with Gasteiger partial charge in [0.15, 0.2) is 11.7 Å². The largest absolute Gasteiger partial charge is 0.337 e. The quantitative estimate of drug-likeness (QED) is 0.502. The van der Waals surface area contributed by atoms with Gasteiger partial charge in [0.25, 0.3) is 10.0 Å². The van der Waals surface area contributed by atoms with Crippen LogP contribution in [0.3, 0.4) is 0 Å². The van der Waals surface area contributed by atoms with Gasteiger partial charge in [-0.25, -0.2) is 13.1 Å². The van der Waals surface area contributed by atoms with E-state index < -0.39 is 26.0 Å². The highest BCUT2D eigenvalue weighted by Crippen LogP contribution is 2.54. The maximum atomic E-state index is 14.0. The second-order valence-electron chi connectivity index (χ2n) is 11.3. The first-order valence-corrected chi connectivity index (χ1v) is 17.3. The number of likely N-dealkylation sites (tertiary alicyclic amines) is 1. The van der Waals surface area contributed by atoms with E-state index in [4.69, 9.17) is 0 Å². The molecule has 5 aliphatic rings. The lowest BCUT2D eigenvalue weighted by atomic mass is 9.72. The maximum Gasteiger partial charge on any atom is 0.287 e. The van der Waals surface area contributed by atoms with Crippen LogP contribution in [0.4, 0.5) is 5.00 Å². The molecule has 1 amide bonds. The zero-order chi connectivity index (χ0) is 26.1. The number of thiophene rings is 1. The van der Waals surface area contributed by atoms with Gasteiger partial charge in [-0.3, -0.25) is 9.59 Å². The van der Waals surface area contributed by atoms with Crippen molar-refractivity contribution in [2.45, 2.75) is 68.8 Å². The number of Topliss-reactive ketones (excluding diaryl/α,β-unsaturated/α-hetero) is 1. The molecule has 1 saturated heterocycles. The van der Waals surface area contributed by atoms with Crippen LogP contribution in [-0.4, -0.2) is 58.1 Å². The van der Waals surface area contributed by atoms with Crippen LogP contribution in [-0.2, 0) is 36.2 Å². The predicted molar refractivity (Wildman–Crippen MR) is 139 cm³/mol. The fourth-order valence-electron chi connectivity index (χ4n) is 7.37. The van der Waals surface area contributed by atoms with Gasteiger partial charge in [-0.2, -0.15) is 8.42 Å². The molecule has 0 spiro atoms. The van der Waals surface area contributed by atoms with Gasteiger partial charge in [-0.05, 0) is 55.2 Å². The van der Waals surface area contributed by atoms with Gasteiger partial charge in [-0.1, -0.05) is 19.3 Å². The van der Waals surface area contributed by atoms with E-state index in [9.17, 15) is 26.4 Å². The number of carbonyl (C=O) groups excluding carboxylic acids is 2. The van der Waals surface area contributed by atoms with Crippen LogP contribution in [0.2, 0.25) is 0 Å². The molecule has 37 heavy (non-hydrogen) atoms. The average Bonchev–Trinajstić information content (AvgIpc) is 3.55. The molecule has 3 heterocycles. The first-order chi connectivity index (χ1) is 17.5. The Morgan fingerprint density at radius 2 is 1.86 bits per heavy atom. The smallest absolute Gasteiger partial charge is 0.287 e. The number of sulfonamides is 2. The van der Waals surface area contributed by atoms with Gasteiger partial charge in [0, 0.05) is 30.6 Å². The highest BCUT2D eigenvalue weighted by Gasteiger charge is 2.61. The summed E-state index contributed by atoms with van der Waals surface area (Å²) in [4.78, 5) is 29.7. The fourth-order valence-corrected chi connectivity index (χ4v) is 10.4. The number of nitrogens with zero attached hydrogens (tertiary/aromatic N) is 2. The second kappa shape index (κ2) is 9.13. The van der Waals surface area contributed by atoms with Crippen LogP contribution in [0.1, 0.15) is 56.9 Å². The van der Waals surface area contributed by atoms with E-state index in [2.05, 4.69) is 14.4 Å². The number of hydrogen-bond donors (Lipinski definition) is 2. The molecular formula is C24H32N4O6S3. The number of amidine groups is 1. The first-order valence-electron chi connectivity index (χ1n) is 13.0. The Hall–Kier alpha value is -1.83. The van der Waals surface area contributed by atoms with Gasteiger partial charge in [0.05, 0.1) is 6.26 Å². The van der Waals surface area contributed by atoms with E-state index in [1.807, 2.05) is 4.90 Å². The number of fused-ring (bicyclic) bond motifs is 6. The van der Waals surface area contributed by atoms with E-state index in [0.717, 1.165) is 62.5 Å². The Labute approximate surface area is 221 Å². The van der Waals surface area contributed by atoms with E-state index in [0.29, 0.717) is 18.4 Å². The van der Waals surface area contributed by atoms with Gasteiger partial charge < -0.3 is 10.2 Å². The summed E-state index contributed by atoms with van der Waals surface area (Å²) in [7, 11) is -7.77. The van der Waals surface area contributed by atoms with E-state index in [-0.39, 0.29) is 57.4 Å². The molecule has 2 aliphatic heterocycles. The third kappa shape index (κ3) is 4.45. The molecule has 1 aromatic rings.